The SMILES string of the molecule is Cc1nc2ccccc2c(C)c1CC(=O)Nc1ccc(NC(=O)CC(C)C)cc1. The smallest absolute Gasteiger partial charge is 0.228 e. The lowest BCUT2D eigenvalue weighted by molar-refractivity contribution is -0.117. The zero-order chi connectivity index (χ0) is 21.0. The summed E-state index contributed by atoms with van der Waals surface area (Å²) in [6.45, 7) is 7.99. The molecule has 5 heteroatoms. The number of benzene rings is 2. The van der Waals surface area contributed by atoms with Gasteiger partial charge in [0.25, 0.3) is 0 Å². The lowest BCUT2D eigenvalue weighted by Crippen LogP contribution is -2.17. The molecule has 0 radical (unpaired) electrons. The van der Waals surface area contributed by atoms with Crippen LogP contribution in [0.25, 0.3) is 10.9 Å². The number of hydrogen-bond donors (Lipinski definition) is 2. The molecule has 0 unspecified atom stereocenters. The van der Waals surface area contributed by atoms with Crippen LogP contribution in [0.15, 0.2) is 48.5 Å². The van der Waals surface area contributed by atoms with Crippen LogP contribution in [-0.4, -0.2) is 16.8 Å². The summed E-state index contributed by atoms with van der Waals surface area (Å²) >= 11 is 0. The number of nitrogens with zero attached hydrogens (tertiary/aromatic N) is 1. The third kappa shape index (κ3) is 5.19. The molecule has 0 spiro atoms. The summed E-state index contributed by atoms with van der Waals surface area (Å²) in [5.41, 5.74) is 5.28. The van der Waals surface area contributed by atoms with Gasteiger partial charge in [0.2, 0.25) is 11.8 Å². The number of para-hydroxylation sites is 1. The molecule has 0 aliphatic heterocycles. The number of anilines is 2. The van der Waals surface area contributed by atoms with E-state index in [-0.39, 0.29) is 18.2 Å². The van der Waals surface area contributed by atoms with Crippen molar-refractivity contribution >= 4 is 34.1 Å². The molecule has 0 aliphatic rings. The number of hydrogen-bond acceptors (Lipinski definition) is 3. The zero-order valence-electron chi connectivity index (χ0n) is 17.4. The van der Waals surface area contributed by atoms with Crippen molar-refractivity contribution in [2.24, 2.45) is 5.92 Å². The fourth-order valence-electron chi connectivity index (χ4n) is 3.42. The van der Waals surface area contributed by atoms with Gasteiger partial charge < -0.3 is 10.6 Å². The van der Waals surface area contributed by atoms with Gasteiger partial charge in [-0.3, -0.25) is 14.6 Å². The minimum absolute atomic E-state index is 0.00783. The molecule has 150 valence electrons. The van der Waals surface area contributed by atoms with Crippen molar-refractivity contribution < 1.29 is 9.59 Å². The predicted octanol–water partition coefficient (Wildman–Crippen LogP) is 5.02. The number of pyridine rings is 1. The highest BCUT2D eigenvalue weighted by Crippen LogP contribution is 2.23. The van der Waals surface area contributed by atoms with E-state index >= 15 is 0 Å². The molecule has 2 amide bonds. The second-order valence-corrected chi connectivity index (χ2v) is 7.77. The zero-order valence-corrected chi connectivity index (χ0v) is 17.4. The highest BCUT2D eigenvalue weighted by atomic mass is 16.2. The van der Waals surface area contributed by atoms with E-state index in [9.17, 15) is 9.59 Å². The quantitative estimate of drug-likeness (QED) is 0.622. The molecule has 0 bridgehead atoms. The number of aromatic nitrogens is 1. The topological polar surface area (TPSA) is 71.1 Å². The van der Waals surface area contributed by atoms with Crippen LogP contribution in [0.1, 0.15) is 37.1 Å². The number of fused-ring (bicyclic) bond motifs is 1. The lowest BCUT2D eigenvalue weighted by Gasteiger charge is -2.13. The summed E-state index contributed by atoms with van der Waals surface area (Å²) in [6.07, 6.45) is 0.749. The fraction of sp³-hybridized carbons (Fsp3) is 0.292. The Bertz CT molecular complexity index is 1040. The van der Waals surface area contributed by atoms with Gasteiger partial charge in [0.1, 0.15) is 0 Å². The van der Waals surface area contributed by atoms with E-state index in [1.54, 1.807) is 24.3 Å². The maximum Gasteiger partial charge on any atom is 0.228 e. The molecular formula is C24H27N3O2. The third-order valence-electron chi connectivity index (χ3n) is 4.87. The van der Waals surface area contributed by atoms with Gasteiger partial charge in [0, 0.05) is 28.9 Å². The van der Waals surface area contributed by atoms with Crippen molar-refractivity contribution in [3.63, 3.8) is 0 Å². The number of carbonyl (C=O) groups is 2. The van der Waals surface area contributed by atoms with Gasteiger partial charge in [-0.2, -0.15) is 0 Å². The molecule has 0 atom stereocenters. The average molecular weight is 389 g/mol. The molecule has 29 heavy (non-hydrogen) atoms. The van der Waals surface area contributed by atoms with Crippen LogP contribution in [0.3, 0.4) is 0 Å². The van der Waals surface area contributed by atoms with Crippen molar-refractivity contribution in [1.82, 2.24) is 4.98 Å². The first-order valence-electron chi connectivity index (χ1n) is 9.88. The molecule has 2 aromatic carbocycles. The standard InChI is InChI=1S/C24H27N3O2/c1-15(2)13-23(28)26-18-9-11-19(12-10-18)27-24(29)14-21-16(3)20-7-5-6-8-22(20)25-17(21)4/h5-12,15H,13-14H2,1-4H3,(H,26,28)(H,27,29). The Labute approximate surface area is 171 Å². The molecule has 0 saturated heterocycles. The van der Waals surface area contributed by atoms with Gasteiger partial charge in [0.05, 0.1) is 11.9 Å². The average Bonchev–Trinajstić information content (AvgIpc) is 2.66. The van der Waals surface area contributed by atoms with Crippen LogP contribution >= 0.6 is 0 Å². The van der Waals surface area contributed by atoms with Crippen molar-refractivity contribution in [3.8, 4) is 0 Å². The Morgan fingerprint density at radius 1 is 0.897 bits per heavy atom. The second-order valence-electron chi connectivity index (χ2n) is 7.77. The maximum atomic E-state index is 12.6. The van der Waals surface area contributed by atoms with Crippen LogP contribution in [0.2, 0.25) is 0 Å². The van der Waals surface area contributed by atoms with Crippen molar-refractivity contribution in [1.29, 1.82) is 0 Å². The number of amides is 2. The van der Waals surface area contributed by atoms with Crippen molar-refractivity contribution in [3.05, 3.63) is 65.4 Å². The van der Waals surface area contributed by atoms with Gasteiger partial charge in [-0.1, -0.05) is 32.0 Å². The van der Waals surface area contributed by atoms with Gasteiger partial charge in [-0.25, -0.2) is 0 Å². The van der Waals surface area contributed by atoms with E-state index in [0.29, 0.717) is 18.0 Å². The molecule has 3 aromatic rings. The van der Waals surface area contributed by atoms with Gasteiger partial charge in [0.15, 0.2) is 0 Å². The number of rotatable bonds is 6. The number of nitrogens with one attached hydrogen (secondary N) is 2. The van der Waals surface area contributed by atoms with Crippen molar-refractivity contribution in [2.75, 3.05) is 10.6 Å². The number of aryl methyl sites for hydroxylation is 2. The summed E-state index contributed by atoms with van der Waals surface area (Å²) in [7, 11) is 0. The Morgan fingerprint density at radius 2 is 1.48 bits per heavy atom. The van der Waals surface area contributed by atoms with Gasteiger partial charge in [-0.05, 0) is 61.2 Å². The maximum absolute atomic E-state index is 12.6. The first-order chi connectivity index (χ1) is 13.8. The normalized spacial score (nSPS) is 10.9. The van der Waals surface area contributed by atoms with Gasteiger partial charge >= 0.3 is 0 Å². The minimum Gasteiger partial charge on any atom is -0.326 e. The Hall–Kier alpha value is -3.21. The van der Waals surface area contributed by atoms with E-state index in [0.717, 1.165) is 33.4 Å². The molecule has 1 aromatic heterocycles. The predicted molar refractivity (Wildman–Crippen MR) is 118 cm³/mol. The first kappa shape index (κ1) is 20.5. The van der Waals surface area contributed by atoms with E-state index in [1.807, 2.05) is 52.0 Å². The van der Waals surface area contributed by atoms with Crippen LogP contribution < -0.4 is 10.6 Å². The summed E-state index contributed by atoms with van der Waals surface area (Å²) in [5.74, 6) is 0.210. The van der Waals surface area contributed by atoms with Crippen molar-refractivity contribution in [2.45, 2.75) is 40.5 Å². The summed E-state index contributed by atoms with van der Waals surface area (Å²) in [6, 6.07) is 15.1. The highest BCUT2D eigenvalue weighted by Gasteiger charge is 2.13. The summed E-state index contributed by atoms with van der Waals surface area (Å²) in [4.78, 5) is 29.1. The summed E-state index contributed by atoms with van der Waals surface area (Å²) < 4.78 is 0. The van der Waals surface area contributed by atoms with E-state index in [1.165, 1.54) is 0 Å². The van der Waals surface area contributed by atoms with Gasteiger partial charge in [-0.15, -0.1) is 0 Å². The Morgan fingerprint density at radius 3 is 2.10 bits per heavy atom. The van der Waals surface area contributed by atoms with E-state index in [2.05, 4.69) is 15.6 Å². The van der Waals surface area contributed by atoms with Crippen LogP contribution in [0, 0.1) is 19.8 Å². The van der Waals surface area contributed by atoms with Crippen LogP contribution in [0.4, 0.5) is 11.4 Å². The first-order valence-corrected chi connectivity index (χ1v) is 9.88. The van der Waals surface area contributed by atoms with Crippen LogP contribution in [0.5, 0.6) is 0 Å². The summed E-state index contributed by atoms with van der Waals surface area (Å²) in [5, 5.41) is 6.86. The molecule has 0 fully saturated rings. The molecule has 1 heterocycles. The number of carbonyl (C=O) groups excluding carboxylic acids is 2. The largest absolute Gasteiger partial charge is 0.326 e. The third-order valence-corrected chi connectivity index (χ3v) is 4.87. The molecule has 2 N–H and O–H groups in total. The second kappa shape index (κ2) is 8.86. The molecular weight excluding hydrogens is 362 g/mol. The molecule has 0 saturated carbocycles. The Kier molecular flexibility index (Phi) is 6.27. The van der Waals surface area contributed by atoms with E-state index < -0.39 is 0 Å². The fourth-order valence-corrected chi connectivity index (χ4v) is 3.42. The Balaban J connectivity index is 1.67. The lowest BCUT2D eigenvalue weighted by atomic mass is 9.99. The molecule has 0 aliphatic carbocycles. The molecule has 5 nitrogen and oxygen atoms in total. The highest BCUT2D eigenvalue weighted by molar-refractivity contribution is 5.95. The van der Waals surface area contributed by atoms with Crippen LogP contribution in [-0.2, 0) is 16.0 Å². The minimum atomic E-state index is -0.0927. The monoisotopic (exact) mass is 389 g/mol. The molecule has 3 rings (SSSR count). The van der Waals surface area contributed by atoms with E-state index in [4.69, 9.17) is 0 Å².